The van der Waals surface area contributed by atoms with Crippen LogP contribution in [0.5, 0.6) is 0 Å². The van der Waals surface area contributed by atoms with E-state index in [9.17, 15) is 9.59 Å². The number of ether oxygens (including phenoxy) is 3. The van der Waals surface area contributed by atoms with Crippen molar-refractivity contribution in [2.45, 2.75) is 19.4 Å². The Balaban J connectivity index is 2.41. The van der Waals surface area contributed by atoms with E-state index in [1.54, 1.807) is 13.8 Å². The molecule has 5 nitrogen and oxygen atoms in total. The number of rotatable bonds is 3. The van der Waals surface area contributed by atoms with Gasteiger partial charge in [0.05, 0.1) is 0 Å². The summed E-state index contributed by atoms with van der Waals surface area (Å²) in [5.41, 5.74) is -0.568. The van der Waals surface area contributed by atoms with E-state index in [1.165, 1.54) is 0 Å². The Labute approximate surface area is 81.6 Å². The first-order valence-corrected chi connectivity index (χ1v) is 4.11. The molecule has 0 N–H and O–H groups in total. The molecule has 0 bridgehead atoms. The second-order valence-electron chi connectivity index (χ2n) is 3.45. The average molecular weight is 200 g/mol. The van der Waals surface area contributed by atoms with Crippen molar-refractivity contribution in [1.29, 1.82) is 0 Å². The van der Waals surface area contributed by atoms with Gasteiger partial charge in [-0.25, -0.2) is 9.59 Å². The summed E-state index contributed by atoms with van der Waals surface area (Å²) in [6, 6.07) is 0. The van der Waals surface area contributed by atoms with Gasteiger partial charge in [0.15, 0.2) is 5.60 Å². The zero-order chi connectivity index (χ0) is 10.8. The first-order chi connectivity index (χ1) is 6.43. The summed E-state index contributed by atoms with van der Waals surface area (Å²) in [7, 11) is 0. The van der Waals surface area contributed by atoms with Crippen molar-refractivity contribution in [1.82, 2.24) is 0 Å². The van der Waals surface area contributed by atoms with Crippen molar-refractivity contribution in [3.63, 3.8) is 0 Å². The number of hydrogen-bond donors (Lipinski definition) is 0. The second kappa shape index (κ2) is 3.69. The molecule has 0 amide bonds. The molecule has 0 aliphatic carbocycles. The smallest absolute Gasteiger partial charge is 0.458 e. The van der Waals surface area contributed by atoms with Gasteiger partial charge in [0.2, 0.25) is 0 Å². The minimum absolute atomic E-state index is 0.0234. The van der Waals surface area contributed by atoms with Crippen molar-refractivity contribution < 1.29 is 23.8 Å². The number of esters is 1. The Hall–Kier alpha value is -1.52. The van der Waals surface area contributed by atoms with Crippen LogP contribution in [0.2, 0.25) is 0 Å². The Morgan fingerprint density at radius 3 is 2.79 bits per heavy atom. The zero-order valence-corrected chi connectivity index (χ0v) is 8.16. The van der Waals surface area contributed by atoms with Gasteiger partial charge in [-0.15, -0.1) is 0 Å². The largest absolute Gasteiger partial charge is 0.509 e. The maximum Gasteiger partial charge on any atom is 0.509 e. The summed E-state index contributed by atoms with van der Waals surface area (Å²) in [5, 5.41) is 0. The summed E-state index contributed by atoms with van der Waals surface area (Å²) in [6.07, 6.45) is -0.737. The first-order valence-electron chi connectivity index (χ1n) is 4.11. The summed E-state index contributed by atoms with van der Waals surface area (Å²) < 4.78 is 14.2. The van der Waals surface area contributed by atoms with Crippen molar-refractivity contribution in [3.8, 4) is 0 Å². The van der Waals surface area contributed by atoms with Gasteiger partial charge in [0, 0.05) is 5.57 Å². The van der Waals surface area contributed by atoms with Gasteiger partial charge in [-0.1, -0.05) is 6.58 Å². The van der Waals surface area contributed by atoms with Crippen LogP contribution < -0.4 is 0 Å². The quantitative estimate of drug-likeness (QED) is 0.503. The molecule has 78 valence electrons. The fourth-order valence-electron chi connectivity index (χ4n) is 0.884. The normalized spacial score (nSPS) is 25.1. The molecule has 0 aromatic carbocycles. The van der Waals surface area contributed by atoms with Crippen LogP contribution in [0.25, 0.3) is 0 Å². The molecule has 1 unspecified atom stereocenters. The lowest BCUT2D eigenvalue weighted by atomic mass is 10.1. The van der Waals surface area contributed by atoms with E-state index >= 15 is 0 Å². The van der Waals surface area contributed by atoms with Crippen LogP contribution in [-0.2, 0) is 19.0 Å². The number of cyclic esters (lactones) is 2. The molecule has 1 fully saturated rings. The van der Waals surface area contributed by atoms with Gasteiger partial charge in [-0.2, -0.15) is 0 Å². The predicted molar refractivity (Wildman–Crippen MR) is 46.6 cm³/mol. The SMILES string of the molecule is C=C(C)C(=O)OCC1(C)COC(=O)O1. The first kappa shape index (κ1) is 10.6. The van der Waals surface area contributed by atoms with Gasteiger partial charge in [-0.05, 0) is 13.8 Å². The number of carbonyl (C=O) groups is 2. The summed E-state index contributed by atoms with van der Waals surface area (Å²) >= 11 is 0. The van der Waals surface area contributed by atoms with Crippen molar-refractivity contribution in [2.75, 3.05) is 13.2 Å². The maximum absolute atomic E-state index is 11.0. The van der Waals surface area contributed by atoms with E-state index in [0.29, 0.717) is 5.57 Å². The van der Waals surface area contributed by atoms with Crippen LogP contribution in [0.3, 0.4) is 0 Å². The molecule has 1 aliphatic rings. The highest BCUT2D eigenvalue weighted by molar-refractivity contribution is 5.86. The highest BCUT2D eigenvalue weighted by atomic mass is 16.8. The second-order valence-corrected chi connectivity index (χ2v) is 3.45. The molecular formula is C9H12O5. The topological polar surface area (TPSA) is 61.8 Å². The van der Waals surface area contributed by atoms with Gasteiger partial charge in [0.25, 0.3) is 0 Å². The van der Waals surface area contributed by atoms with Crippen LogP contribution in [0.15, 0.2) is 12.2 Å². The third kappa shape index (κ3) is 2.48. The lowest BCUT2D eigenvalue weighted by Gasteiger charge is -2.18. The predicted octanol–water partition coefficient (Wildman–Crippen LogP) is 1.03. The highest BCUT2D eigenvalue weighted by Crippen LogP contribution is 2.19. The van der Waals surface area contributed by atoms with Crippen LogP contribution >= 0.6 is 0 Å². The van der Waals surface area contributed by atoms with Gasteiger partial charge < -0.3 is 14.2 Å². The minimum Gasteiger partial charge on any atom is -0.458 e. The molecular weight excluding hydrogens is 188 g/mol. The van der Waals surface area contributed by atoms with E-state index in [0.717, 1.165) is 0 Å². The minimum atomic E-state index is -0.873. The Bertz CT molecular complexity index is 283. The zero-order valence-electron chi connectivity index (χ0n) is 8.16. The molecule has 0 aromatic heterocycles. The molecule has 0 radical (unpaired) electrons. The molecule has 0 spiro atoms. The van der Waals surface area contributed by atoms with Crippen LogP contribution in [-0.4, -0.2) is 30.9 Å². The average Bonchev–Trinajstić information content (AvgIpc) is 2.43. The van der Waals surface area contributed by atoms with Crippen molar-refractivity contribution in [3.05, 3.63) is 12.2 Å². The Morgan fingerprint density at radius 1 is 1.71 bits per heavy atom. The molecule has 5 heteroatoms. The lowest BCUT2D eigenvalue weighted by Crippen LogP contribution is -2.34. The summed E-state index contributed by atoms with van der Waals surface area (Å²) in [6.45, 7) is 6.67. The molecule has 1 saturated heterocycles. The van der Waals surface area contributed by atoms with Crippen molar-refractivity contribution in [2.24, 2.45) is 0 Å². The molecule has 0 saturated carbocycles. The third-order valence-corrected chi connectivity index (χ3v) is 1.68. The van der Waals surface area contributed by atoms with Crippen LogP contribution in [0.4, 0.5) is 4.79 Å². The van der Waals surface area contributed by atoms with Crippen molar-refractivity contribution >= 4 is 12.1 Å². The standard InChI is InChI=1S/C9H12O5/c1-6(2)7(10)12-4-9(3)5-13-8(11)14-9/h1,4-5H2,2-3H3. The third-order valence-electron chi connectivity index (χ3n) is 1.68. The van der Waals surface area contributed by atoms with E-state index < -0.39 is 17.7 Å². The van der Waals surface area contributed by atoms with E-state index in [-0.39, 0.29) is 13.2 Å². The molecule has 1 aliphatic heterocycles. The monoisotopic (exact) mass is 200 g/mol. The van der Waals surface area contributed by atoms with Gasteiger partial charge in [-0.3, -0.25) is 0 Å². The number of hydrogen-bond acceptors (Lipinski definition) is 5. The van der Waals surface area contributed by atoms with E-state index in [1.807, 2.05) is 0 Å². The molecule has 14 heavy (non-hydrogen) atoms. The summed E-state index contributed by atoms with van der Waals surface area (Å²) in [5.74, 6) is -0.505. The van der Waals surface area contributed by atoms with E-state index in [4.69, 9.17) is 9.47 Å². The highest BCUT2D eigenvalue weighted by Gasteiger charge is 2.39. The maximum atomic E-state index is 11.0. The van der Waals surface area contributed by atoms with Gasteiger partial charge >= 0.3 is 12.1 Å². The van der Waals surface area contributed by atoms with Crippen LogP contribution in [0, 0.1) is 0 Å². The summed E-state index contributed by atoms with van der Waals surface area (Å²) in [4.78, 5) is 21.7. The molecule has 1 atom stereocenters. The number of carbonyl (C=O) groups excluding carboxylic acids is 2. The van der Waals surface area contributed by atoms with Gasteiger partial charge in [0.1, 0.15) is 13.2 Å². The molecule has 0 aromatic rings. The van der Waals surface area contributed by atoms with Crippen LogP contribution in [0.1, 0.15) is 13.8 Å². The fourth-order valence-corrected chi connectivity index (χ4v) is 0.884. The van der Waals surface area contributed by atoms with E-state index in [2.05, 4.69) is 11.3 Å². The molecule has 1 rings (SSSR count). The fraction of sp³-hybridized carbons (Fsp3) is 0.556. The lowest BCUT2D eigenvalue weighted by molar-refractivity contribution is -0.144. The Morgan fingerprint density at radius 2 is 2.36 bits per heavy atom. The Kier molecular flexibility index (Phi) is 2.78. The molecule has 1 heterocycles.